The fraction of sp³-hybridized carbons (Fsp3) is 0.381. The molecular formula is C21H27FN5O2+. The van der Waals surface area contributed by atoms with Crippen LogP contribution in [0.3, 0.4) is 0 Å². The lowest BCUT2D eigenvalue weighted by Gasteiger charge is -2.31. The molecule has 0 saturated carbocycles. The number of rotatable bonds is 5. The van der Waals surface area contributed by atoms with Crippen LogP contribution >= 0.6 is 0 Å². The Labute approximate surface area is 169 Å². The molecule has 8 heteroatoms. The predicted molar refractivity (Wildman–Crippen MR) is 109 cm³/mol. The van der Waals surface area contributed by atoms with Gasteiger partial charge in [0, 0.05) is 30.1 Å². The van der Waals surface area contributed by atoms with E-state index in [0.29, 0.717) is 38.4 Å². The van der Waals surface area contributed by atoms with E-state index in [9.17, 15) is 14.0 Å². The third kappa shape index (κ3) is 5.29. The molecule has 0 spiro atoms. The summed E-state index contributed by atoms with van der Waals surface area (Å²) in [5.74, 6) is -0.478. The van der Waals surface area contributed by atoms with Gasteiger partial charge in [-0.25, -0.2) is 4.39 Å². The van der Waals surface area contributed by atoms with Gasteiger partial charge in [-0.05, 0) is 44.2 Å². The Morgan fingerprint density at radius 2 is 1.86 bits per heavy atom. The van der Waals surface area contributed by atoms with Crippen molar-refractivity contribution in [3.63, 3.8) is 0 Å². The second kappa shape index (κ2) is 9.00. The summed E-state index contributed by atoms with van der Waals surface area (Å²) in [6.07, 6.45) is 3.43. The van der Waals surface area contributed by atoms with E-state index in [1.165, 1.54) is 24.3 Å². The van der Waals surface area contributed by atoms with Crippen LogP contribution in [0, 0.1) is 19.7 Å². The zero-order valence-corrected chi connectivity index (χ0v) is 17.0. The van der Waals surface area contributed by atoms with Crippen LogP contribution in [-0.4, -0.2) is 59.2 Å². The van der Waals surface area contributed by atoms with Gasteiger partial charge in [0.2, 0.25) is 5.91 Å². The van der Waals surface area contributed by atoms with E-state index in [1.54, 1.807) is 15.7 Å². The van der Waals surface area contributed by atoms with E-state index in [0.717, 1.165) is 21.9 Å². The Hall–Kier alpha value is -3.00. The van der Waals surface area contributed by atoms with Gasteiger partial charge in [0.25, 0.3) is 5.91 Å². The monoisotopic (exact) mass is 400 g/mol. The first-order chi connectivity index (χ1) is 13.8. The van der Waals surface area contributed by atoms with E-state index in [1.807, 2.05) is 27.0 Å². The number of quaternary nitrogens is 1. The molecule has 1 aromatic heterocycles. The van der Waals surface area contributed by atoms with Gasteiger partial charge in [0.05, 0.1) is 31.9 Å². The van der Waals surface area contributed by atoms with Crippen LogP contribution in [-0.2, 0) is 16.6 Å². The van der Waals surface area contributed by atoms with Gasteiger partial charge < -0.3 is 15.1 Å². The SMILES string of the molecule is Cc1nn(C)c(C)c1/C=C/C(=O)N1CC[NH+](CC(=O)Nc2ccc(F)cc2)CC1. The zero-order chi connectivity index (χ0) is 21.0. The second-order valence-corrected chi connectivity index (χ2v) is 7.35. The van der Waals surface area contributed by atoms with Crippen LogP contribution in [0.1, 0.15) is 17.0 Å². The molecule has 2 heterocycles. The first kappa shape index (κ1) is 20.7. The fourth-order valence-corrected chi connectivity index (χ4v) is 3.48. The van der Waals surface area contributed by atoms with Gasteiger partial charge in [0.1, 0.15) is 5.82 Å². The topological polar surface area (TPSA) is 71.7 Å². The highest BCUT2D eigenvalue weighted by Crippen LogP contribution is 2.14. The third-order valence-electron chi connectivity index (χ3n) is 5.28. The normalized spacial score (nSPS) is 15.1. The van der Waals surface area contributed by atoms with Crippen molar-refractivity contribution in [1.82, 2.24) is 14.7 Å². The van der Waals surface area contributed by atoms with Crippen molar-refractivity contribution in [3.05, 3.63) is 53.1 Å². The Kier molecular flexibility index (Phi) is 6.43. The van der Waals surface area contributed by atoms with E-state index in [-0.39, 0.29) is 17.6 Å². The van der Waals surface area contributed by atoms with Crippen LogP contribution in [0.15, 0.2) is 30.3 Å². The van der Waals surface area contributed by atoms with Crippen LogP contribution < -0.4 is 10.2 Å². The summed E-state index contributed by atoms with van der Waals surface area (Å²) >= 11 is 0. The minimum Gasteiger partial charge on any atom is -0.328 e. The zero-order valence-electron chi connectivity index (χ0n) is 17.0. The molecule has 1 fully saturated rings. The summed E-state index contributed by atoms with van der Waals surface area (Å²) in [5.41, 5.74) is 3.47. The van der Waals surface area contributed by atoms with Gasteiger partial charge in [0.15, 0.2) is 6.54 Å². The number of nitrogens with zero attached hydrogens (tertiary/aromatic N) is 3. The summed E-state index contributed by atoms with van der Waals surface area (Å²) in [6, 6.07) is 5.71. The number of amides is 2. The summed E-state index contributed by atoms with van der Waals surface area (Å²) < 4.78 is 14.7. The number of carbonyl (C=O) groups excluding carboxylic acids is 2. The number of aromatic nitrogens is 2. The van der Waals surface area contributed by atoms with Crippen LogP contribution in [0.4, 0.5) is 10.1 Å². The Balaban J connectivity index is 1.47. The molecule has 0 bridgehead atoms. The molecule has 0 atom stereocenters. The number of benzene rings is 1. The lowest BCUT2D eigenvalue weighted by atomic mass is 10.2. The molecule has 0 radical (unpaired) electrons. The standard InChI is InChI=1S/C21H26FN5O2/c1-15-19(16(2)25(3)24-15)8-9-21(29)27-12-10-26(11-13-27)14-20(28)23-18-6-4-17(22)5-7-18/h4-9H,10-14H2,1-3H3,(H,23,28)/p+1/b9-8+. The number of anilines is 1. The molecule has 1 aliphatic heterocycles. The molecule has 3 rings (SSSR count). The number of piperazine rings is 1. The van der Waals surface area contributed by atoms with Crippen molar-refractivity contribution in [3.8, 4) is 0 Å². The van der Waals surface area contributed by atoms with Crippen molar-refractivity contribution in [2.45, 2.75) is 13.8 Å². The summed E-state index contributed by atoms with van der Waals surface area (Å²) in [7, 11) is 1.88. The number of carbonyl (C=O) groups is 2. The molecule has 2 amide bonds. The largest absolute Gasteiger partial charge is 0.328 e. The Morgan fingerprint density at radius 1 is 1.21 bits per heavy atom. The first-order valence-corrected chi connectivity index (χ1v) is 9.69. The van der Waals surface area contributed by atoms with E-state index < -0.39 is 0 Å². The number of nitrogens with one attached hydrogen (secondary N) is 2. The van der Waals surface area contributed by atoms with E-state index in [4.69, 9.17) is 0 Å². The maximum absolute atomic E-state index is 12.9. The average molecular weight is 400 g/mol. The highest BCUT2D eigenvalue weighted by molar-refractivity contribution is 5.92. The van der Waals surface area contributed by atoms with Crippen LogP contribution in [0.2, 0.25) is 0 Å². The van der Waals surface area contributed by atoms with Gasteiger partial charge in [-0.3, -0.25) is 14.3 Å². The van der Waals surface area contributed by atoms with Crippen LogP contribution in [0.25, 0.3) is 6.08 Å². The van der Waals surface area contributed by atoms with Gasteiger partial charge in [-0.15, -0.1) is 0 Å². The molecule has 0 unspecified atom stereocenters. The lowest BCUT2D eigenvalue weighted by molar-refractivity contribution is -0.895. The molecule has 154 valence electrons. The molecule has 29 heavy (non-hydrogen) atoms. The average Bonchev–Trinajstić information content (AvgIpc) is 2.94. The number of aryl methyl sites for hydroxylation is 2. The Morgan fingerprint density at radius 3 is 2.45 bits per heavy atom. The molecule has 2 N–H and O–H groups in total. The third-order valence-corrected chi connectivity index (χ3v) is 5.28. The van der Waals surface area contributed by atoms with E-state index in [2.05, 4.69) is 10.4 Å². The molecular weight excluding hydrogens is 373 g/mol. The van der Waals surface area contributed by atoms with Gasteiger partial charge >= 0.3 is 0 Å². The first-order valence-electron chi connectivity index (χ1n) is 9.69. The van der Waals surface area contributed by atoms with Crippen molar-refractivity contribution in [2.75, 3.05) is 38.0 Å². The highest BCUT2D eigenvalue weighted by atomic mass is 19.1. The fourth-order valence-electron chi connectivity index (χ4n) is 3.48. The smallest absolute Gasteiger partial charge is 0.279 e. The molecule has 1 aliphatic rings. The maximum Gasteiger partial charge on any atom is 0.279 e. The minimum atomic E-state index is -0.336. The summed E-state index contributed by atoms with van der Waals surface area (Å²) in [4.78, 5) is 27.6. The molecule has 2 aromatic rings. The molecule has 1 saturated heterocycles. The van der Waals surface area contributed by atoms with Crippen molar-refractivity contribution in [1.29, 1.82) is 0 Å². The molecule has 7 nitrogen and oxygen atoms in total. The molecule has 1 aromatic carbocycles. The minimum absolute atomic E-state index is 0.0255. The van der Waals surface area contributed by atoms with E-state index >= 15 is 0 Å². The van der Waals surface area contributed by atoms with Crippen molar-refractivity contribution < 1.29 is 18.9 Å². The quantitative estimate of drug-likeness (QED) is 0.721. The number of halogens is 1. The van der Waals surface area contributed by atoms with Gasteiger partial charge in [-0.2, -0.15) is 5.10 Å². The second-order valence-electron chi connectivity index (χ2n) is 7.35. The van der Waals surface area contributed by atoms with Crippen molar-refractivity contribution in [2.24, 2.45) is 7.05 Å². The summed E-state index contributed by atoms with van der Waals surface area (Å²) in [6.45, 7) is 6.85. The Bertz CT molecular complexity index is 912. The number of hydrogen-bond acceptors (Lipinski definition) is 3. The summed E-state index contributed by atoms with van der Waals surface area (Å²) in [5, 5.41) is 7.13. The number of hydrogen-bond donors (Lipinski definition) is 2. The highest BCUT2D eigenvalue weighted by Gasteiger charge is 2.24. The predicted octanol–water partition coefficient (Wildman–Crippen LogP) is 0.555. The maximum atomic E-state index is 12.9. The van der Waals surface area contributed by atoms with Crippen molar-refractivity contribution >= 4 is 23.6 Å². The van der Waals surface area contributed by atoms with Gasteiger partial charge in [-0.1, -0.05) is 0 Å². The lowest BCUT2D eigenvalue weighted by Crippen LogP contribution is -3.15. The molecule has 0 aliphatic carbocycles. The van der Waals surface area contributed by atoms with Crippen LogP contribution in [0.5, 0.6) is 0 Å².